The number of anilines is 1. The van der Waals surface area contributed by atoms with Crippen molar-refractivity contribution in [1.82, 2.24) is 4.98 Å². The summed E-state index contributed by atoms with van der Waals surface area (Å²) in [5.41, 5.74) is -0.135. The van der Waals surface area contributed by atoms with Crippen LogP contribution >= 0.6 is 0 Å². The molecule has 0 atom stereocenters. The first kappa shape index (κ1) is 14.1. The highest BCUT2D eigenvalue weighted by atomic mass is 16.6. The van der Waals surface area contributed by atoms with Crippen molar-refractivity contribution < 1.29 is 19.0 Å². The molecule has 100 valence electrons. The molecule has 0 aromatic carbocycles. The lowest BCUT2D eigenvalue weighted by atomic mass is 10.2. The Morgan fingerprint density at radius 1 is 1.22 bits per heavy atom. The van der Waals surface area contributed by atoms with Crippen molar-refractivity contribution in [3.05, 3.63) is 12.1 Å². The number of carbonyl (C=O) groups excluding carboxylic acids is 1. The Kier molecular flexibility index (Phi) is 4.36. The zero-order valence-electron chi connectivity index (χ0n) is 11.2. The number of methoxy groups -OCH3 is 2. The highest BCUT2D eigenvalue weighted by Crippen LogP contribution is 2.25. The van der Waals surface area contributed by atoms with Crippen molar-refractivity contribution in [2.75, 3.05) is 19.5 Å². The molecular weight excluding hydrogens is 236 g/mol. The molecule has 0 aliphatic rings. The summed E-state index contributed by atoms with van der Waals surface area (Å²) in [6, 6.07) is 3.25. The first-order valence-corrected chi connectivity index (χ1v) is 5.45. The molecular formula is C12H18N2O4. The standard InChI is InChI=1S/C12H18N2O4/c1-12(2,3)18-11(15)13-8-6-7-9(16-4)14-10(8)17-5/h6-7H,1-5H3,(H,13,15). The highest BCUT2D eigenvalue weighted by molar-refractivity contribution is 5.86. The first-order chi connectivity index (χ1) is 8.35. The normalized spacial score (nSPS) is 10.7. The Morgan fingerprint density at radius 2 is 1.89 bits per heavy atom. The molecule has 0 bridgehead atoms. The molecule has 1 heterocycles. The fourth-order valence-electron chi connectivity index (χ4n) is 1.20. The fraction of sp³-hybridized carbons (Fsp3) is 0.500. The third-order valence-electron chi connectivity index (χ3n) is 1.87. The van der Waals surface area contributed by atoms with E-state index in [9.17, 15) is 4.79 Å². The summed E-state index contributed by atoms with van der Waals surface area (Å²) < 4.78 is 15.2. The van der Waals surface area contributed by atoms with Gasteiger partial charge in [0.15, 0.2) is 0 Å². The molecule has 0 radical (unpaired) electrons. The van der Waals surface area contributed by atoms with Gasteiger partial charge in [-0.1, -0.05) is 0 Å². The van der Waals surface area contributed by atoms with Crippen LogP contribution in [0.1, 0.15) is 20.8 Å². The monoisotopic (exact) mass is 254 g/mol. The number of amides is 1. The maximum atomic E-state index is 11.6. The SMILES string of the molecule is COc1ccc(NC(=O)OC(C)(C)C)c(OC)n1. The van der Waals surface area contributed by atoms with Gasteiger partial charge in [-0.15, -0.1) is 0 Å². The second-order valence-corrected chi connectivity index (χ2v) is 4.54. The summed E-state index contributed by atoms with van der Waals surface area (Å²) in [5, 5.41) is 2.57. The molecule has 6 heteroatoms. The second kappa shape index (κ2) is 5.57. The molecule has 0 fully saturated rings. The lowest BCUT2D eigenvalue weighted by Gasteiger charge is -2.20. The number of aromatic nitrogens is 1. The first-order valence-electron chi connectivity index (χ1n) is 5.45. The number of rotatable bonds is 3. The smallest absolute Gasteiger partial charge is 0.412 e. The highest BCUT2D eigenvalue weighted by Gasteiger charge is 2.18. The van der Waals surface area contributed by atoms with E-state index in [1.807, 2.05) is 0 Å². The summed E-state index contributed by atoms with van der Waals surface area (Å²) in [4.78, 5) is 15.6. The van der Waals surface area contributed by atoms with Crippen LogP contribution in [0.5, 0.6) is 11.8 Å². The Bertz CT molecular complexity index is 427. The number of nitrogens with one attached hydrogen (secondary N) is 1. The molecule has 0 aliphatic heterocycles. The van der Waals surface area contributed by atoms with Crippen LogP contribution in [-0.4, -0.2) is 30.9 Å². The number of ether oxygens (including phenoxy) is 3. The van der Waals surface area contributed by atoms with Crippen molar-refractivity contribution >= 4 is 11.8 Å². The fourth-order valence-corrected chi connectivity index (χ4v) is 1.20. The number of hydrogen-bond donors (Lipinski definition) is 1. The number of hydrogen-bond acceptors (Lipinski definition) is 5. The summed E-state index contributed by atoms with van der Waals surface area (Å²) in [5.74, 6) is 0.668. The van der Waals surface area contributed by atoms with Gasteiger partial charge >= 0.3 is 6.09 Å². The molecule has 1 amide bonds. The van der Waals surface area contributed by atoms with Gasteiger partial charge in [0.25, 0.3) is 0 Å². The zero-order chi connectivity index (χ0) is 13.8. The van der Waals surface area contributed by atoms with Crippen LogP contribution < -0.4 is 14.8 Å². The molecule has 1 N–H and O–H groups in total. The molecule has 0 saturated carbocycles. The van der Waals surface area contributed by atoms with Crippen molar-refractivity contribution in [1.29, 1.82) is 0 Å². The summed E-state index contributed by atoms with van der Waals surface area (Å²) in [6.45, 7) is 5.36. The van der Waals surface area contributed by atoms with Crippen LogP contribution in [0.15, 0.2) is 12.1 Å². The van der Waals surface area contributed by atoms with Crippen LogP contribution in [0.3, 0.4) is 0 Å². The number of pyridine rings is 1. The lowest BCUT2D eigenvalue weighted by molar-refractivity contribution is 0.0635. The molecule has 0 saturated heterocycles. The van der Waals surface area contributed by atoms with Gasteiger partial charge in [0.1, 0.15) is 11.3 Å². The minimum Gasteiger partial charge on any atom is -0.481 e. The van der Waals surface area contributed by atoms with Gasteiger partial charge in [0.2, 0.25) is 11.8 Å². The summed E-state index contributed by atoms with van der Waals surface area (Å²) >= 11 is 0. The van der Waals surface area contributed by atoms with Crippen molar-refractivity contribution in [3.8, 4) is 11.8 Å². The van der Waals surface area contributed by atoms with Gasteiger partial charge in [-0.05, 0) is 26.8 Å². The van der Waals surface area contributed by atoms with E-state index in [0.717, 1.165) is 0 Å². The Hall–Kier alpha value is -1.98. The van der Waals surface area contributed by atoms with E-state index in [1.54, 1.807) is 32.9 Å². The van der Waals surface area contributed by atoms with E-state index in [-0.39, 0.29) is 5.88 Å². The van der Waals surface area contributed by atoms with Crippen LogP contribution in [0.25, 0.3) is 0 Å². The van der Waals surface area contributed by atoms with E-state index in [1.165, 1.54) is 14.2 Å². The number of carbonyl (C=O) groups is 1. The topological polar surface area (TPSA) is 69.7 Å². The van der Waals surface area contributed by atoms with E-state index < -0.39 is 11.7 Å². The van der Waals surface area contributed by atoms with Gasteiger partial charge in [0, 0.05) is 6.07 Å². The summed E-state index contributed by atoms with van der Waals surface area (Å²) in [7, 11) is 2.96. The van der Waals surface area contributed by atoms with Crippen molar-refractivity contribution in [2.45, 2.75) is 26.4 Å². The quantitative estimate of drug-likeness (QED) is 0.897. The van der Waals surface area contributed by atoms with Crippen molar-refractivity contribution in [3.63, 3.8) is 0 Å². The molecule has 1 aromatic rings. The van der Waals surface area contributed by atoms with E-state index in [2.05, 4.69) is 10.3 Å². The van der Waals surface area contributed by atoms with Gasteiger partial charge in [-0.25, -0.2) is 4.79 Å². The lowest BCUT2D eigenvalue weighted by Crippen LogP contribution is -2.27. The Morgan fingerprint density at radius 3 is 2.39 bits per heavy atom. The minimum absolute atomic E-state index is 0.264. The molecule has 0 spiro atoms. The predicted molar refractivity (Wildman–Crippen MR) is 67.2 cm³/mol. The molecule has 0 unspecified atom stereocenters. The molecule has 0 aliphatic carbocycles. The van der Waals surface area contributed by atoms with Gasteiger partial charge < -0.3 is 14.2 Å². The second-order valence-electron chi connectivity index (χ2n) is 4.54. The van der Waals surface area contributed by atoms with E-state index in [4.69, 9.17) is 14.2 Å². The maximum absolute atomic E-state index is 11.6. The minimum atomic E-state index is -0.562. The maximum Gasteiger partial charge on any atom is 0.412 e. The third kappa shape index (κ3) is 4.12. The van der Waals surface area contributed by atoms with Crippen LogP contribution in [0, 0.1) is 0 Å². The Labute approximate surface area is 106 Å². The van der Waals surface area contributed by atoms with E-state index >= 15 is 0 Å². The van der Waals surface area contributed by atoms with Gasteiger partial charge in [-0.2, -0.15) is 4.98 Å². The van der Waals surface area contributed by atoms with Crippen LogP contribution in [0.4, 0.5) is 10.5 Å². The number of nitrogens with zero attached hydrogens (tertiary/aromatic N) is 1. The van der Waals surface area contributed by atoms with Crippen LogP contribution in [-0.2, 0) is 4.74 Å². The van der Waals surface area contributed by atoms with E-state index in [0.29, 0.717) is 11.6 Å². The molecule has 18 heavy (non-hydrogen) atoms. The molecule has 6 nitrogen and oxygen atoms in total. The van der Waals surface area contributed by atoms with Gasteiger partial charge in [0.05, 0.1) is 14.2 Å². The van der Waals surface area contributed by atoms with Crippen LogP contribution in [0.2, 0.25) is 0 Å². The molecule has 1 rings (SSSR count). The average Bonchev–Trinajstić information content (AvgIpc) is 2.27. The third-order valence-corrected chi connectivity index (χ3v) is 1.87. The zero-order valence-corrected chi connectivity index (χ0v) is 11.2. The predicted octanol–water partition coefficient (Wildman–Crippen LogP) is 2.45. The largest absolute Gasteiger partial charge is 0.481 e. The molecule has 1 aromatic heterocycles. The Balaban J connectivity index is 2.81. The van der Waals surface area contributed by atoms with Crippen molar-refractivity contribution in [2.24, 2.45) is 0 Å². The average molecular weight is 254 g/mol. The summed E-state index contributed by atoms with van der Waals surface area (Å²) in [6.07, 6.45) is -0.562. The van der Waals surface area contributed by atoms with Gasteiger partial charge in [-0.3, -0.25) is 5.32 Å².